The lowest BCUT2D eigenvalue weighted by Gasteiger charge is -2.06. The van der Waals surface area contributed by atoms with Crippen LogP contribution in [0.1, 0.15) is 13.3 Å². The Hall–Kier alpha value is -0.820. The average Bonchev–Trinajstić information content (AvgIpc) is 2.50. The molecule has 1 aromatic rings. The van der Waals surface area contributed by atoms with E-state index in [0.717, 1.165) is 9.47 Å². The summed E-state index contributed by atoms with van der Waals surface area (Å²) in [6, 6.07) is 0. The summed E-state index contributed by atoms with van der Waals surface area (Å²) in [5, 5.41) is 16.5. The van der Waals surface area contributed by atoms with E-state index < -0.39 is 0 Å². The molecule has 0 amide bonds. The van der Waals surface area contributed by atoms with E-state index in [9.17, 15) is 0 Å². The highest BCUT2D eigenvalue weighted by Gasteiger charge is 2.11. The maximum Gasteiger partial charge on any atom is 0.208 e. The molecule has 0 bridgehead atoms. The van der Waals surface area contributed by atoms with E-state index >= 15 is 0 Å². The van der Waals surface area contributed by atoms with Crippen LogP contribution in [0, 0.1) is 5.41 Å². The van der Waals surface area contributed by atoms with Crippen molar-refractivity contribution in [2.45, 2.75) is 22.9 Å². The Kier molecular flexibility index (Phi) is 4.34. The van der Waals surface area contributed by atoms with Crippen LogP contribution in [0.2, 0.25) is 0 Å². The number of rotatable bonds is 5. The fourth-order valence-corrected chi connectivity index (χ4v) is 3.06. The topological polar surface area (TPSA) is 78.9 Å². The van der Waals surface area contributed by atoms with Crippen LogP contribution in [-0.2, 0) is 0 Å². The summed E-state index contributed by atoms with van der Waals surface area (Å²) >= 11 is 3.16. The van der Waals surface area contributed by atoms with Gasteiger partial charge in [0.25, 0.3) is 0 Å². The molecule has 0 fully saturated rings. The molecule has 7 heteroatoms. The largest absolute Gasteiger partial charge is 0.388 e. The molecule has 0 spiro atoms. The van der Waals surface area contributed by atoms with Crippen LogP contribution in [0.4, 0.5) is 5.13 Å². The molecule has 0 radical (unpaired) electrons. The van der Waals surface area contributed by atoms with Crippen LogP contribution < -0.4 is 10.6 Å². The van der Waals surface area contributed by atoms with Crippen molar-refractivity contribution in [3.63, 3.8) is 0 Å². The quantitative estimate of drug-likeness (QED) is 0.466. The first-order valence-electron chi connectivity index (χ1n) is 4.49. The number of aromatic nitrogens is 2. The van der Waals surface area contributed by atoms with E-state index in [2.05, 4.69) is 10.2 Å². The number of nitrogens with one attached hydrogen (secondary N) is 1. The van der Waals surface area contributed by atoms with Gasteiger partial charge in [0.15, 0.2) is 4.34 Å². The van der Waals surface area contributed by atoms with Gasteiger partial charge in [-0.1, -0.05) is 30.0 Å². The number of amidine groups is 1. The molecule has 84 valence electrons. The number of hydrogen-bond acceptors (Lipinski definition) is 6. The third-order valence-corrected chi connectivity index (χ3v) is 3.86. The molecule has 1 aromatic heterocycles. The van der Waals surface area contributed by atoms with Gasteiger partial charge in [-0.2, -0.15) is 0 Å². The molecule has 0 aliphatic carbocycles. The van der Waals surface area contributed by atoms with Gasteiger partial charge in [-0.25, -0.2) is 0 Å². The lowest BCUT2D eigenvalue weighted by atomic mass is 10.3. The summed E-state index contributed by atoms with van der Waals surface area (Å²) < 4.78 is 0.924. The van der Waals surface area contributed by atoms with Crippen molar-refractivity contribution >= 4 is 34.1 Å². The van der Waals surface area contributed by atoms with Gasteiger partial charge in [-0.15, -0.1) is 10.2 Å². The molecular formula is C8H15N5S2. The lowest BCUT2D eigenvalue weighted by Crippen LogP contribution is -2.14. The van der Waals surface area contributed by atoms with Crippen molar-refractivity contribution in [2.24, 2.45) is 5.73 Å². The monoisotopic (exact) mass is 245 g/mol. The minimum Gasteiger partial charge on any atom is -0.388 e. The summed E-state index contributed by atoms with van der Waals surface area (Å²) in [6.07, 6.45) is 0.585. The molecule has 0 aromatic carbocycles. The zero-order valence-electron chi connectivity index (χ0n) is 9.02. The van der Waals surface area contributed by atoms with E-state index in [0.29, 0.717) is 6.42 Å². The maximum atomic E-state index is 7.19. The second-order valence-electron chi connectivity index (χ2n) is 3.40. The Morgan fingerprint density at radius 1 is 1.60 bits per heavy atom. The Labute approximate surface area is 97.6 Å². The first-order chi connectivity index (χ1) is 6.99. The minimum absolute atomic E-state index is 0.215. The number of nitrogens with two attached hydrogens (primary N) is 1. The molecule has 1 heterocycles. The predicted molar refractivity (Wildman–Crippen MR) is 66.1 cm³/mol. The molecule has 0 aliphatic heterocycles. The third kappa shape index (κ3) is 4.05. The summed E-state index contributed by atoms with van der Waals surface area (Å²) in [4.78, 5) is 1.93. The van der Waals surface area contributed by atoms with Gasteiger partial charge in [0.1, 0.15) is 0 Å². The van der Waals surface area contributed by atoms with Crippen LogP contribution in [0.5, 0.6) is 0 Å². The SMILES string of the molecule is CC(CC(=N)N)Sc1nnc(N(C)C)s1. The first-order valence-corrected chi connectivity index (χ1v) is 6.19. The highest BCUT2D eigenvalue weighted by molar-refractivity contribution is 8.01. The van der Waals surface area contributed by atoms with Gasteiger partial charge >= 0.3 is 0 Å². The molecule has 1 atom stereocenters. The van der Waals surface area contributed by atoms with Crippen molar-refractivity contribution in [3.05, 3.63) is 0 Å². The minimum atomic E-state index is 0.215. The van der Waals surface area contributed by atoms with E-state index in [1.165, 1.54) is 0 Å². The van der Waals surface area contributed by atoms with E-state index in [4.69, 9.17) is 11.1 Å². The second kappa shape index (κ2) is 5.32. The van der Waals surface area contributed by atoms with Gasteiger partial charge in [-0.3, -0.25) is 5.41 Å². The standard InChI is InChI=1S/C8H15N5S2/c1-5(4-6(9)10)14-8-12-11-7(15-8)13(2)3/h5H,4H2,1-3H3,(H3,9,10). The Balaban J connectivity index is 2.53. The van der Waals surface area contributed by atoms with Crippen molar-refractivity contribution in [1.82, 2.24) is 10.2 Å². The first kappa shape index (κ1) is 12.3. The van der Waals surface area contributed by atoms with Crippen LogP contribution >= 0.6 is 23.1 Å². The van der Waals surface area contributed by atoms with Crippen LogP contribution in [0.3, 0.4) is 0 Å². The lowest BCUT2D eigenvalue weighted by molar-refractivity contribution is 0.956. The maximum absolute atomic E-state index is 7.19. The third-order valence-electron chi connectivity index (χ3n) is 1.59. The van der Waals surface area contributed by atoms with Gasteiger partial charge in [0.2, 0.25) is 5.13 Å². The molecule has 0 saturated carbocycles. The van der Waals surface area contributed by atoms with E-state index in [-0.39, 0.29) is 11.1 Å². The predicted octanol–water partition coefficient (Wildman–Crippen LogP) is 1.41. The highest BCUT2D eigenvalue weighted by Crippen LogP contribution is 2.30. The summed E-state index contributed by atoms with van der Waals surface area (Å²) in [6.45, 7) is 2.03. The molecule has 15 heavy (non-hydrogen) atoms. The smallest absolute Gasteiger partial charge is 0.208 e. The average molecular weight is 245 g/mol. The van der Waals surface area contributed by atoms with Crippen molar-refractivity contribution < 1.29 is 0 Å². The number of nitrogens with zero attached hydrogens (tertiary/aromatic N) is 3. The van der Waals surface area contributed by atoms with Gasteiger partial charge < -0.3 is 10.6 Å². The summed E-state index contributed by atoms with van der Waals surface area (Å²) in [5.74, 6) is 0.215. The Morgan fingerprint density at radius 3 is 2.73 bits per heavy atom. The molecule has 3 N–H and O–H groups in total. The molecular weight excluding hydrogens is 230 g/mol. The summed E-state index contributed by atoms with van der Waals surface area (Å²) in [7, 11) is 3.88. The number of hydrogen-bond donors (Lipinski definition) is 2. The van der Waals surface area contributed by atoms with Crippen molar-refractivity contribution in [3.8, 4) is 0 Å². The molecule has 0 aliphatic rings. The number of anilines is 1. The summed E-state index contributed by atoms with van der Waals surface area (Å²) in [5.41, 5.74) is 5.33. The fraction of sp³-hybridized carbons (Fsp3) is 0.625. The second-order valence-corrected chi connectivity index (χ2v) is 6.04. The van der Waals surface area contributed by atoms with Gasteiger partial charge in [-0.05, 0) is 0 Å². The van der Waals surface area contributed by atoms with Crippen LogP contribution in [0.25, 0.3) is 0 Å². The zero-order chi connectivity index (χ0) is 11.4. The molecule has 1 unspecified atom stereocenters. The molecule has 5 nitrogen and oxygen atoms in total. The van der Waals surface area contributed by atoms with E-state index in [1.807, 2.05) is 25.9 Å². The van der Waals surface area contributed by atoms with E-state index in [1.54, 1.807) is 23.1 Å². The Morgan fingerprint density at radius 2 is 2.27 bits per heavy atom. The van der Waals surface area contributed by atoms with Crippen LogP contribution in [0.15, 0.2) is 4.34 Å². The van der Waals surface area contributed by atoms with Crippen molar-refractivity contribution in [2.75, 3.05) is 19.0 Å². The van der Waals surface area contributed by atoms with Gasteiger partial charge in [0.05, 0.1) is 5.84 Å². The van der Waals surface area contributed by atoms with Crippen LogP contribution in [-0.4, -0.2) is 35.4 Å². The zero-order valence-corrected chi connectivity index (χ0v) is 10.7. The molecule has 1 rings (SSSR count). The Bertz CT molecular complexity index is 336. The van der Waals surface area contributed by atoms with Gasteiger partial charge in [0, 0.05) is 25.8 Å². The highest BCUT2D eigenvalue weighted by atomic mass is 32.2. The normalized spacial score (nSPS) is 12.5. The fourth-order valence-electron chi connectivity index (χ4n) is 0.954. The van der Waals surface area contributed by atoms with Crippen molar-refractivity contribution in [1.29, 1.82) is 5.41 Å². The molecule has 0 saturated heterocycles. The number of thioether (sulfide) groups is 1.